The van der Waals surface area contributed by atoms with Crippen LogP contribution in [0.25, 0.3) is 0 Å². The number of aryl methyl sites for hydroxylation is 2. The maximum absolute atomic E-state index is 8.41. The number of H-pyrrole nitrogens is 1. The molecule has 0 bridgehead atoms. The molecule has 0 saturated heterocycles. The first-order chi connectivity index (χ1) is 22.4. The monoisotopic (exact) mass is 1640 g/mol. The van der Waals surface area contributed by atoms with Gasteiger partial charge in [0.05, 0.1) is 11.7 Å². The van der Waals surface area contributed by atoms with Gasteiger partial charge in [0.15, 0.2) is 0 Å². The van der Waals surface area contributed by atoms with Gasteiger partial charge >= 0.3 is 125 Å². The largest absolute Gasteiger partial charge is 2.00 e. The van der Waals surface area contributed by atoms with Gasteiger partial charge in [-0.15, -0.1) is 49.0 Å². The summed E-state index contributed by atoms with van der Waals surface area (Å²) >= 11 is -1.44. The summed E-state index contributed by atoms with van der Waals surface area (Å²) in [7, 11) is 0. The summed E-state index contributed by atoms with van der Waals surface area (Å²) in [6.07, 6.45) is 0.750. The molecule has 1 aliphatic rings. The number of aliphatic imine (C=N–C) groups is 1. The summed E-state index contributed by atoms with van der Waals surface area (Å²) in [6, 6.07) is 3.14. The second kappa shape index (κ2) is 85.4. The molecule has 2 rings (SSSR count). The summed E-state index contributed by atoms with van der Waals surface area (Å²) in [5, 5.41) is 18.1. The number of aromatic amines is 1. The van der Waals surface area contributed by atoms with Gasteiger partial charge in [-0.3, -0.25) is 15.9 Å². The van der Waals surface area contributed by atoms with Crippen LogP contribution in [-0.2, 0) is 136 Å². The first-order valence-electron chi connectivity index (χ1n) is 14.4. The molecule has 0 saturated carbocycles. The summed E-state index contributed by atoms with van der Waals surface area (Å²) in [6.45, 7) is 29.6. The van der Waals surface area contributed by atoms with Crippen LogP contribution >= 0.6 is 37.2 Å². The van der Waals surface area contributed by atoms with E-state index in [1.54, 1.807) is 20.8 Å². The summed E-state index contributed by atoms with van der Waals surface area (Å²) < 4.78 is 16.8. The van der Waals surface area contributed by atoms with Crippen molar-refractivity contribution in [2.75, 3.05) is 0 Å². The molecule has 60 heavy (non-hydrogen) atoms. The van der Waals surface area contributed by atoms with Crippen molar-refractivity contribution in [2.45, 2.75) is 128 Å². The number of imidazole rings is 1. The van der Waals surface area contributed by atoms with Crippen LogP contribution in [0.4, 0.5) is 0 Å². The van der Waals surface area contributed by atoms with Gasteiger partial charge in [0.1, 0.15) is 0 Å². The van der Waals surface area contributed by atoms with Gasteiger partial charge in [0.2, 0.25) is 0 Å². The molecule has 1 aromatic rings. The third-order valence-corrected chi connectivity index (χ3v) is 5.30. The minimum Gasteiger partial charge on any atom is 2.00 e. The van der Waals surface area contributed by atoms with Crippen LogP contribution in [0.5, 0.6) is 0 Å². The third kappa shape index (κ3) is 106. The average molecular weight is 1640 g/mol. The fourth-order valence-corrected chi connectivity index (χ4v) is 1.75. The number of aromatic nitrogens is 2. The number of rotatable bonds is 4. The molecule has 1 aromatic heterocycles. The van der Waals surface area contributed by atoms with Crippen molar-refractivity contribution in [1.29, 1.82) is 10.7 Å². The quantitative estimate of drug-likeness (QED) is 0.117. The Kier molecular flexibility index (Phi) is 168. The number of carbonyl (C=O) groups excluding carboxylic acids is 6. The molecule has 24 heteroatoms. The second-order valence-electron chi connectivity index (χ2n) is 10.7. The number of nitrogens with one attached hydrogen (secondary N) is 3. The van der Waals surface area contributed by atoms with E-state index in [0.29, 0.717) is 17.8 Å². The smallest absolute Gasteiger partial charge is 2.00 e. The number of nitrogens with two attached hydrogens (primary N) is 2. The normalized spacial score (nSPS) is 10.8. The fraction of sp³-hybridized carbons (Fsp3) is 0.528. The van der Waals surface area contributed by atoms with Gasteiger partial charge in [-0.1, -0.05) is 6.92 Å². The Balaban J connectivity index is -0.0000000210. The van der Waals surface area contributed by atoms with E-state index in [4.69, 9.17) is 58.6 Å². The van der Waals surface area contributed by atoms with E-state index in [1.165, 1.54) is 11.8 Å². The number of nitriles is 1. The van der Waals surface area contributed by atoms with Crippen LogP contribution in [0.15, 0.2) is 4.99 Å². The predicted octanol–water partition coefficient (Wildman–Crippen LogP) is 6.88. The van der Waals surface area contributed by atoms with E-state index in [-0.39, 0.29) is 182 Å². The minimum atomic E-state index is -1.44. The molecule has 355 valence electrons. The average Bonchev–Trinajstić information content (AvgIpc) is 3.51. The molecular weight excluding hydrogens is 1570 g/mol. The fourth-order valence-electron chi connectivity index (χ4n) is 1.75. The van der Waals surface area contributed by atoms with E-state index in [9.17, 15) is 0 Å². The molecule has 2 heterocycles. The Bertz CT molecular complexity index is 1130. The molecule has 16 nitrogen and oxygen atoms in total. The third-order valence-electron chi connectivity index (χ3n) is 5.30. The van der Waals surface area contributed by atoms with Gasteiger partial charge in [0.25, 0.3) is 0 Å². The molecule has 0 aliphatic carbocycles. The number of halogens is 3. The van der Waals surface area contributed by atoms with Crippen molar-refractivity contribution >= 4 is 67.2 Å². The maximum Gasteiger partial charge on any atom is 2.00 e. The Hall–Kier alpha value is -0.877. The predicted molar refractivity (Wildman–Crippen MR) is 225 cm³/mol. The van der Waals surface area contributed by atoms with Crippen LogP contribution in [0.3, 0.4) is 0 Å². The molecule has 0 spiro atoms. The van der Waals surface area contributed by atoms with Crippen molar-refractivity contribution in [3.05, 3.63) is 70.6 Å². The molecule has 0 aromatic carbocycles. The standard InChI is InChI=1S/C8H15N2.C8H13N2.C5H10N.C4H12N2.C4H6N.3CO2.4CH3.3ClH.Mn.2O.4W/c2*1-5(2)8-9-6(3)7(4)10-8;1-4(2)5(3)6;1-3(5)4(2)6;1-4(2)3-5;3*2-1-3;;;;;;;;;;;;;;/h6-7H,1-4H3,(H,9,10);1-4H3,(H,9,10);6H,1-3H3;3-4H,5-6H2,1-2H3;1-2H3;;;;4*1H3;3*1H;;;;;;;/q3*-1;;-1;;;;4*-1;;;;;;;4*+2. The molecule has 0 fully saturated rings. The van der Waals surface area contributed by atoms with Crippen LogP contribution < -0.4 is 16.8 Å². The molecule has 7 N–H and O–H groups in total. The molecular formula is C36H71Cl3MnN8O8W4. The maximum atomic E-state index is 8.41. The van der Waals surface area contributed by atoms with E-state index in [1.807, 2.05) is 47.6 Å². The SMILES string of the molecule is CC(=N)[C-](C)C.CC(N)C(C)N.C[C-](C)C#N.C[C-](C)C1=NC(C)C(C)N1.Cc1nc([C-](C)C)[nH]c1C.Cl.Cl.Cl.O=C=O.O=C=O.O=C=O.[CH3-].[CH3-].[CH3-].[CH3-].[O]=[Mn]=[O].[W+2].[W+2].[W+2].[W+2]. The molecule has 4 atom stereocenters. The van der Waals surface area contributed by atoms with Crippen LogP contribution in [0.2, 0.25) is 0 Å². The first-order valence-corrected chi connectivity index (χ1v) is 15.3. The Morgan fingerprint density at radius 2 is 1.00 bits per heavy atom. The second-order valence-corrected chi connectivity index (χ2v) is 10.9. The summed E-state index contributed by atoms with van der Waals surface area (Å²) in [4.78, 5) is 60.7. The number of amidine groups is 1. The van der Waals surface area contributed by atoms with Crippen molar-refractivity contribution in [2.24, 2.45) is 16.5 Å². The van der Waals surface area contributed by atoms with E-state index in [0.717, 1.165) is 34.9 Å². The Morgan fingerprint density at radius 1 is 0.750 bits per heavy atom. The zero-order valence-corrected chi connectivity index (χ0v) is 53.7. The van der Waals surface area contributed by atoms with E-state index >= 15 is 0 Å². The van der Waals surface area contributed by atoms with Crippen LogP contribution in [0, 0.1) is 84.0 Å². The Morgan fingerprint density at radius 3 is 1.07 bits per heavy atom. The van der Waals surface area contributed by atoms with Crippen LogP contribution in [0.1, 0.15) is 107 Å². The van der Waals surface area contributed by atoms with Gasteiger partial charge in [-0.05, 0) is 53.2 Å². The van der Waals surface area contributed by atoms with E-state index in [2.05, 4.69) is 61.8 Å². The molecule has 1 aliphatic heterocycles. The topological polar surface area (TPSA) is 289 Å². The van der Waals surface area contributed by atoms with Crippen molar-refractivity contribution in [1.82, 2.24) is 15.3 Å². The van der Waals surface area contributed by atoms with E-state index < -0.39 is 14.8 Å². The van der Waals surface area contributed by atoms with Gasteiger partial charge < -0.3 is 74.6 Å². The summed E-state index contributed by atoms with van der Waals surface area (Å²) in [5.74, 6) is 6.50. The summed E-state index contributed by atoms with van der Waals surface area (Å²) in [5.41, 5.74) is 13.6. The number of nitrogens with zero attached hydrogens (tertiary/aromatic N) is 3. The minimum absolute atomic E-state index is 0. The van der Waals surface area contributed by atoms with Gasteiger partial charge in [-0.2, -0.15) is 84.2 Å². The van der Waals surface area contributed by atoms with Crippen molar-refractivity contribution in [3.63, 3.8) is 0 Å². The first kappa shape index (κ1) is 118. The van der Waals surface area contributed by atoms with Crippen LogP contribution in [-0.4, -0.2) is 64.1 Å². The van der Waals surface area contributed by atoms with Gasteiger partial charge in [-0.25, -0.2) is 5.26 Å². The molecule has 0 amide bonds. The van der Waals surface area contributed by atoms with Gasteiger partial charge in [0, 0.05) is 23.8 Å². The van der Waals surface area contributed by atoms with Crippen molar-refractivity contribution < 1.29 is 136 Å². The Labute approximate surface area is 445 Å². The molecule has 4 unspecified atom stereocenters. The zero-order valence-electron chi connectivity index (χ0n) is 38.3. The molecule has 0 radical (unpaired) electrons. The zero-order chi connectivity index (χ0) is 40.9. The number of hydrogen-bond donors (Lipinski definition) is 5. The van der Waals surface area contributed by atoms with Crippen molar-refractivity contribution in [3.8, 4) is 6.07 Å². The number of hydrogen-bond acceptors (Lipinski definition) is 15.